The smallest absolute Gasteiger partial charge is 0.159 e. The summed E-state index contributed by atoms with van der Waals surface area (Å²) in [6.07, 6.45) is 1.75. The number of aromatic nitrogens is 2. The van der Waals surface area contributed by atoms with Crippen LogP contribution in [0.1, 0.15) is 43.8 Å². The molecule has 1 rings (SSSR count). The Morgan fingerprint density at radius 3 is 2.47 bits per heavy atom. The van der Waals surface area contributed by atoms with Gasteiger partial charge in [-0.05, 0) is 20.3 Å². The molecule has 0 bridgehead atoms. The summed E-state index contributed by atoms with van der Waals surface area (Å²) in [6, 6.07) is 1.99. The number of nitrogens with two attached hydrogens (primary N) is 2. The number of nitrogen functional groups attached to an aromatic ring is 1. The van der Waals surface area contributed by atoms with Gasteiger partial charge in [0.1, 0.15) is 17.5 Å². The van der Waals surface area contributed by atoms with Gasteiger partial charge < -0.3 is 11.5 Å². The summed E-state index contributed by atoms with van der Waals surface area (Å²) in [4.78, 5) is 8.44. The van der Waals surface area contributed by atoms with E-state index in [0.29, 0.717) is 22.8 Å². The lowest BCUT2D eigenvalue weighted by atomic mass is 10.1. The zero-order valence-electron chi connectivity index (χ0n) is 10.4. The van der Waals surface area contributed by atoms with Crippen molar-refractivity contribution in [3.8, 4) is 6.07 Å². The van der Waals surface area contributed by atoms with Crippen molar-refractivity contribution in [2.75, 3.05) is 5.73 Å². The second kappa shape index (κ2) is 5.30. The van der Waals surface area contributed by atoms with E-state index in [1.807, 2.05) is 13.0 Å². The van der Waals surface area contributed by atoms with Gasteiger partial charge in [0.05, 0.1) is 5.69 Å². The van der Waals surface area contributed by atoms with Gasteiger partial charge in [0.2, 0.25) is 0 Å². The van der Waals surface area contributed by atoms with E-state index < -0.39 is 0 Å². The second-order valence-electron chi connectivity index (χ2n) is 3.92. The highest BCUT2D eigenvalue weighted by molar-refractivity contribution is 5.65. The molecule has 17 heavy (non-hydrogen) atoms. The summed E-state index contributed by atoms with van der Waals surface area (Å²) in [5, 5.41) is 8.89. The van der Waals surface area contributed by atoms with E-state index in [-0.39, 0.29) is 5.82 Å². The first kappa shape index (κ1) is 13.0. The number of nitrogens with zero attached hydrogens (tertiary/aromatic N) is 3. The lowest BCUT2D eigenvalue weighted by Crippen LogP contribution is -2.08. The molecule has 0 saturated heterocycles. The van der Waals surface area contributed by atoms with Crippen molar-refractivity contribution in [1.29, 1.82) is 5.26 Å². The first-order valence-corrected chi connectivity index (χ1v) is 5.51. The van der Waals surface area contributed by atoms with Gasteiger partial charge in [0.25, 0.3) is 0 Å². The summed E-state index contributed by atoms with van der Waals surface area (Å²) in [7, 11) is 0. The lowest BCUT2D eigenvalue weighted by molar-refractivity contribution is 0.931. The minimum Gasteiger partial charge on any atom is -0.402 e. The van der Waals surface area contributed by atoms with E-state index in [9.17, 15) is 0 Å². The summed E-state index contributed by atoms with van der Waals surface area (Å²) in [5.41, 5.74) is 14.1. The molecule has 0 aliphatic rings. The Labute approximate surface area is 101 Å². The van der Waals surface area contributed by atoms with Crippen LogP contribution in [0.25, 0.3) is 5.57 Å². The molecule has 0 fully saturated rings. The monoisotopic (exact) mass is 231 g/mol. The molecule has 4 N–H and O–H groups in total. The van der Waals surface area contributed by atoms with Crippen LogP contribution in [-0.2, 0) is 0 Å². The van der Waals surface area contributed by atoms with Crippen LogP contribution in [0.4, 0.5) is 5.82 Å². The standard InChI is InChI=1S/C12H17N5/c1-4-5-9(7(2)14)12-16-8(3)10(6-13)11(15)17-12/h4-5,14H2,1-3H3,(H2,15,16,17). The highest BCUT2D eigenvalue weighted by atomic mass is 15.0. The van der Waals surface area contributed by atoms with Crippen LogP contribution in [0.2, 0.25) is 0 Å². The molecule has 0 aromatic carbocycles. The molecule has 0 aliphatic carbocycles. The van der Waals surface area contributed by atoms with E-state index in [0.717, 1.165) is 18.4 Å². The minimum absolute atomic E-state index is 0.213. The predicted octanol–water partition coefficient (Wildman–Crippen LogP) is 1.73. The number of hydrogen-bond donors (Lipinski definition) is 2. The van der Waals surface area contributed by atoms with Crippen LogP contribution in [0.5, 0.6) is 0 Å². The zero-order chi connectivity index (χ0) is 13.0. The quantitative estimate of drug-likeness (QED) is 0.824. The first-order valence-electron chi connectivity index (χ1n) is 5.51. The van der Waals surface area contributed by atoms with E-state index in [1.165, 1.54) is 0 Å². The Balaban J connectivity index is 3.35. The lowest BCUT2D eigenvalue weighted by Gasteiger charge is -2.10. The van der Waals surface area contributed by atoms with Crippen LogP contribution >= 0.6 is 0 Å². The van der Waals surface area contributed by atoms with Crippen molar-refractivity contribution in [1.82, 2.24) is 9.97 Å². The zero-order valence-corrected chi connectivity index (χ0v) is 10.4. The predicted molar refractivity (Wildman–Crippen MR) is 67.6 cm³/mol. The largest absolute Gasteiger partial charge is 0.402 e. The van der Waals surface area contributed by atoms with E-state index in [1.54, 1.807) is 6.92 Å². The summed E-state index contributed by atoms with van der Waals surface area (Å²) in [6.45, 7) is 5.62. The van der Waals surface area contributed by atoms with Crippen molar-refractivity contribution < 1.29 is 0 Å². The number of aryl methyl sites for hydroxylation is 1. The van der Waals surface area contributed by atoms with Gasteiger partial charge in [-0.1, -0.05) is 13.3 Å². The summed E-state index contributed by atoms with van der Waals surface area (Å²) in [5.74, 6) is 0.741. The second-order valence-corrected chi connectivity index (χ2v) is 3.92. The number of anilines is 1. The topological polar surface area (TPSA) is 102 Å². The molecule has 0 saturated carbocycles. The molecule has 0 spiro atoms. The number of allylic oxidation sites excluding steroid dienone is 2. The van der Waals surface area contributed by atoms with Crippen molar-refractivity contribution >= 4 is 11.4 Å². The maximum absolute atomic E-state index is 8.89. The number of nitriles is 1. The first-order chi connectivity index (χ1) is 8.01. The third kappa shape index (κ3) is 2.72. The van der Waals surface area contributed by atoms with Crippen LogP contribution < -0.4 is 11.5 Å². The van der Waals surface area contributed by atoms with E-state index >= 15 is 0 Å². The Hall–Kier alpha value is -2.09. The molecule has 90 valence electrons. The minimum atomic E-state index is 0.213. The fourth-order valence-electron chi connectivity index (χ4n) is 1.60. The van der Waals surface area contributed by atoms with Gasteiger partial charge in [0.15, 0.2) is 5.82 Å². The molecule has 0 atom stereocenters. The Morgan fingerprint density at radius 2 is 2.06 bits per heavy atom. The van der Waals surface area contributed by atoms with E-state index in [4.69, 9.17) is 16.7 Å². The summed E-state index contributed by atoms with van der Waals surface area (Å²) >= 11 is 0. The molecule has 0 unspecified atom stereocenters. The fourth-order valence-corrected chi connectivity index (χ4v) is 1.60. The maximum Gasteiger partial charge on any atom is 0.159 e. The normalized spacial score (nSPS) is 11.9. The van der Waals surface area contributed by atoms with Crippen molar-refractivity contribution in [3.05, 3.63) is 22.8 Å². The fraction of sp³-hybridized carbons (Fsp3) is 0.417. The van der Waals surface area contributed by atoms with Gasteiger partial charge in [-0.2, -0.15) is 5.26 Å². The van der Waals surface area contributed by atoms with Crippen molar-refractivity contribution in [2.24, 2.45) is 5.73 Å². The van der Waals surface area contributed by atoms with E-state index in [2.05, 4.69) is 16.9 Å². The van der Waals surface area contributed by atoms with Gasteiger partial charge in [-0.15, -0.1) is 0 Å². The number of rotatable bonds is 3. The Kier molecular flexibility index (Phi) is 4.05. The average molecular weight is 231 g/mol. The molecule has 0 radical (unpaired) electrons. The maximum atomic E-state index is 8.89. The number of hydrogen-bond acceptors (Lipinski definition) is 5. The summed E-state index contributed by atoms with van der Waals surface area (Å²) < 4.78 is 0. The molecule has 5 nitrogen and oxygen atoms in total. The molecular weight excluding hydrogens is 214 g/mol. The van der Waals surface area contributed by atoms with Gasteiger partial charge >= 0.3 is 0 Å². The SMILES string of the molecule is CCCC(=C(C)N)c1nc(C)c(C#N)c(N)n1. The van der Waals surface area contributed by atoms with Crippen LogP contribution in [-0.4, -0.2) is 9.97 Å². The van der Waals surface area contributed by atoms with Crippen molar-refractivity contribution in [3.63, 3.8) is 0 Å². The van der Waals surface area contributed by atoms with Crippen molar-refractivity contribution in [2.45, 2.75) is 33.6 Å². The average Bonchev–Trinajstić information content (AvgIpc) is 2.24. The third-order valence-corrected chi connectivity index (χ3v) is 2.48. The molecular formula is C12H17N5. The van der Waals surface area contributed by atoms with Gasteiger partial charge in [0, 0.05) is 11.3 Å². The highest BCUT2D eigenvalue weighted by Crippen LogP contribution is 2.21. The third-order valence-electron chi connectivity index (χ3n) is 2.48. The molecule has 0 aliphatic heterocycles. The van der Waals surface area contributed by atoms with Gasteiger partial charge in [-0.25, -0.2) is 9.97 Å². The molecule has 1 heterocycles. The molecule has 1 aromatic rings. The molecule has 5 heteroatoms. The van der Waals surface area contributed by atoms with Crippen LogP contribution in [0.15, 0.2) is 5.70 Å². The molecule has 1 aromatic heterocycles. The van der Waals surface area contributed by atoms with Crippen LogP contribution in [0.3, 0.4) is 0 Å². The highest BCUT2D eigenvalue weighted by Gasteiger charge is 2.12. The van der Waals surface area contributed by atoms with Crippen LogP contribution in [0, 0.1) is 18.3 Å². The molecule has 0 amide bonds. The Bertz CT molecular complexity index is 469. The van der Waals surface area contributed by atoms with Gasteiger partial charge in [-0.3, -0.25) is 0 Å². The Morgan fingerprint density at radius 1 is 1.41 bits per heavy atom.